The molecule has 1 aromatic rings. The molecule has 0 aliphatic rings. The van der Waals surface area contributed by atoms with Crippen LogP contribution in [0.15, 0.2) is 18.5 Å². The van der Waals surface area contributed by atoms with Crippen molar-refractivity contribution in [3.05, 3.63) is 23.5 Å². The summed E-state index contributed by atoms with van der Waals surface area (Å²) < 4.78 is 5.06. The van der Waals surface area contributed by atoms with Gasteiger partial charge in [-0.3, -0.25) is 9.78 Å². The first-order chi connectivity index (χ1) is 7.63. The summed E-state index contributed by atoms with van der Waals surface area (Å²) in [5, 5.41) is 3.19. The van der Waals surface area contributed by atoms with Crippen molar-refractivity contribution in [1.82, 2.24) is 4.98 Å². The Kier molecular flexibility index (Phi) is 5.22. The third-order valence-electron chi connectivity index (χ3n) is 2.22. The quantitative estimate of drug-likeness (QED) is 0.863. The Morgan fingerprint density at radius 1 is 1.69 bits per heavy atom. The van der Waals surface area contributed by atoms with Gasteiger partial charge in [0.15, 0.2) is 0 Å². The van der Waals surface area contributed by atoms with Crippen LogP contribution in [-0.4, -0.2) is 24.1 Å². The van der Waals surface area contributed by atoms with Crippen molar-refractivity contribution in [2.75, 3.05) is 12.4 Å². The van der Waals surface area contributed by atoms with Crippen LogP contribution in [0.2, 0.25) is 5.02 Å². The summed E-state index contributed by atoms with van der Waals surface area (Å²) in [5.74, 6) is -0.0844. The van der Waals surface area contributed by atoms with Crippen molar-refractivity contribution in [3.63, 3.8) is 0 Å². The van der Waals surface area contributed by atoms with E-state index < -0.39 is 0 Å². The smallest absolute Gasteiger partial charge is 0.224 e. The molecule has 4 nitrogen and oxygen atoms in total. The fourth-order valence-electron chi connectivity index (χ4n) is 1.13. The zero-order valence-corrected chi connectivity index (χ0v) is 10.1. The molecule has 16 heavy (non-hydrogen) atoms. The fraction of sp³-hybridized carbons (Fsp3) is 0.455. The summed E-state index contributed by atoms with van der Waals surface area (Å²) in [4.78, 5) is 15.4. The molecule has 0 saturated heterocycles. The number of halogens is 1. The van der Waals surface area contributed by atoms with Crippen LogP contribution in [0, 0.1) is 0 Å². The van der Waals surface area contributed by atoms with E-state index in [9.17, 15) is 4.79 Å². The van der Waals surface area contributed by atoms with Gasteiger partial charge in [0.2, 0.25) is 5.91 Å². The summed E-state index contributed by atoms with van der Waals surface area (Å²) in [5.41, 5.74) is 0.541. The van der Waals surface area contributed by atoms with Gasteiger partial charge in [0, 0.05) is 19.7 Å². The van der Waals surface area contributed by atoms with E-state index in [0.717, 1.165) is 0 Å². The number of nitrogens with zero attached hydrogens (tertiary/aromatic N) is 1. The maximum Gasteiger partial charge on any atom is 0.224 e. The van der Waals surface area contributed by atoms with E-state index >= 15 is 0 Å². The monoisotopic (exact) mass is 242 g/mol. The second kappa shape index (κ2) is 6.45. The number of rotatable bonds is 5. The SMILES string of the molecule is COC(C)CCC(=O)Nc1cnccc1Cl. The highest BCUT2D eigenvalue weighted by Crippen LogP contribution is 2.19. The van der Waals surface area contributed by atoms with Crippen LogP contribution in [0.25, 0.3) is 0 Å². The molecule has 5 heteroatoms. The number of hydrogen-bond acceptors (Lipinski definition) is 3. The average Bonchev–Trinajstić information content (AvgIpc) is 2.29. The van der Waals surface area contributed by atoms with E-state index in [0.29, 0.717) is 23.6 Å². The zero-order chi connectivity index (χ0) is 12.0. The number of pyridine rings is 1. The van der Waals surface area contributed by atoms with Crippen LogP contribution in [0.1, 0.15) is 19.8 Å². The summed E-state index contributed by atoms with van der Waals surface area (Å²) in [6.45, 7) is 1.92. The molecule has 0 saturated carbocycles. The first-order valence-corrected chi connectivity index (χ1v) is 5.43. The molecule has 1 heterocycles. The summed E-state index contributed by atoms with van der Waals surface area (Å²) in [7, 11) is 1.63. The van der Waals surface area contributed by atoms with Crippen molar-refractivity contribution in [3.8, 4) is 0 Å². The lowest BCUT2D eigenvalue weighted by Gasteiger charge is -2.09. The number of carbonyl (C=O) groups is 1. The van der Waals surface area contributed by atoms with E-state index in [-0.39, 0.29) is 12.0 Å². The van der Waals surface area contributed by atoms with Gasteiger partial charge in [-0.15, -0.1) is 0 Å². The van der Waals surface area contributed by atoms with Crippen LogP contribution in [0.5, 0.6) is 0 Å². The number of nitrogens with one attached hydrogen (secondary N) is 1. The number of carbonyl (C=O) groups excluding carboxylic acids is 1. The number of methoxy groups -OCH3 is 1. The molecule has 1 unspecified atom stereocenters. The van der Waals surface area contributed by atoms with E-state index in [1.165, 1.54) is 6.20 Å². The second-order valence-corrected chi connectivity index (χ2v) is 3.90. The first kappa shape index (κ1) is 12.9. The molecule has 0 aromatic carbocycles. The molecule has 0 bridgehead atoms. The minimum atomic E-state index is -0.0844. The highest BCUT2D eigenvalue weighted by Gasteiger charge is 2.07. The van der Waals surface area contributed by atoms with Crippen molar-refractivity contribution in [2.45, 2.75) is 25.9 Å². The second-order valence-electron chi connectivity index (χ2n) is 3.49. The lowest BCUT2D eigenvalue weighted by atomic mass is 10.2. The summed E-state index contributed by atoms with van der Waals surface area (Å²) in [6, 6.07) is 1.63. The molecule has 1 aromatic heterocycles. The van der Waals surface area contributed by atoms with Gasteiger partial charge in [0.1, 0.15) is 0 Å². The minimum absolute atomic E-state index is 0.0788. The number of ether oxygens (including phenoxy) is 1. The molecule has 0 radical (unpaired) electrons. The Hall–Kier alpha value is -1.13. The third kappa shape index (κ3) is 4.16. The lowest BCUT2D eigenvalue weighted by Crippen LogP contribution is -2.15. The van der Waals surface area contributed by atoms with Gasteiger partial charge in [-0.2, -0.15) is 0 Å². The van der Waals surface area contributed by atoms with Crippen LogP contribution in [-0.2, 0) is 9.53 Å². The van der Waals surface area contributed by atoms with Crippen molar-refractivity contribution in [1.29, 1.82) is 0 Å². The molecule has 0 fully saturated rings. The maximum atomic E-state index is 11.5. The van der Waals surface area contributed by atoms with Gasteiger partial charge in [-0.25, -0.2) is 0 Å². The van der Waals surface area contributed by atoms with Gasteiger partial charge in [0.05, 0.1) is 23.0 Å². The largest absolute Gasteiger partial charge is 0.382 e. The molecular weight excluding hydrogens is 228 g/mol. The van der Waals surface area contributed by atoms with Crippen LogP contribution in [0.3, 0.4) is 0 Å². The Morgan fingerprint density at radius 2 is 2.44 bits per heavy atom. The highest BCUT2D eigenvalue weighted by atomic mass is 35.5. The topological polar surface area (TPSA) is 51.2 Å². The van der Waals surface area contributed by atoms with Crippen molar-refractivity contribution in [2.24, 2.45) is 0 Å². The highest BCUT2D eigenvalue weighted by molar-refractivity contribution is 6.33. The Balaban J connectivity index is 2.43. The predicted octanol–water partition coefficient (Wildman–Crippen LogP) is 2.49. The first-order valence-electron chi connectivity index (χ1n) is 5.05. The predicted molar refractivity (Wildman–Crippen MR) is 63.6 cm³/mol. The molecule has 0 aliphatic carbocycles. The maximum absolute atomic E-state index is 11.5. The van der Waals surface area contributed by atoms with Crippen LogP contribution < -0.4 is 5.32 Å². The average molecular weight is 243 g/mol. The molecule has 1 amide bonds. The number of amides is 1. The molecule has 88 valence electrons. The normalized spacial score (nSPS) is 12.2. The summed E-state index contributed by atoms with van der Waals surface area (Å²) in [6.07, 6.45) is 4.26. The van der Waals surface area contributed by atoms with Crippen LogP contribution >= 0.6 is 11.6 Å². The van der Waals surface area contributed by atoms with Gasteiger partial charge >= 0.3 is 0 Å². The fourth-order valence-corrected chi connectivity index (χ4v) is 1.29. The Morgan fingerprint density at radius 3 is 3.06 bits per heavy atom. The van der Waals surface area contributed by atoms with Gasteiger partial charge in [0.25, 0.3) is 0 Å². The van der Waals surface area contributed by atoms with Gasteiger partial charge < -0.3 is 10.1 Å². The Labute approximate surface area is 100.0 Å². The van der Waals surface area contributed by atoms with Gasteiger partial charge in [-0.1, -0.05) is 11.6 Å². The molecular formula is C11H15ClN2O2. The number of anilines is 1. The van der Waals surface area contributed by atoms with Crippen molar-refractivity contribution >= 4 is 23.2 Å². The van der Waals surface area contributed by atoms with E-state index in [1.54, 1.807) is 19.4 Å². The molecule has 0 spiro atoms. The summed E-state index contributed by atoms with van der Waals surface area (Å²) >= 11 is 5.88. The molecule has 1 atom stereocenters. The molecule has 1 N–H and O–H groups in total. The van der Waals surface area contributed by atoms with E-state index in [2.05, 4.69) is 10.3 Å². The van der Waals surface area contributed by atoms with E-state index in [4.69, 9.17) is 16.3 Å². The number of aromatic nitrogens is 1. The molecule has 0 aliphatic heterocycles. The standard InChI is InChI=1S/C11H15ClN2O2/c1-8(16-2)3-4-11(15)14-10-7-13-6-5-9(10)12/h5-8H,3-4H2,1-2H3,(H,14,15). The zero-order valence-electron chi connectivity index (χ0n) is 9.37. The lowest BCUT2D eigenvalue weighted by molar-refractivity contribution is -0.116. The van der Waals surface area contributed by atoms with Crippen molar-refractivity contribution < 1.29 is 9.53 Å². The van der Waals surface area contributed by atoms with Gasteiger partial charge in [-0.05, 0) is 19.4 Å². The minimum Gasteiger partial charge on any atom is -0.382 e. The third-order valence-corrected chi connectivity index (χ3v) is 2.55. The van der Waals surface area contributed by atoms with E-state index in [1.807, 2.05) is 6.92 Å². The Bertz CT molecular complexity index is 358. The molecule has 1 rings (SSSR count). The number of hydrogen-bond donors (Lipinski definition) is 1. The van der Waals surface area contributed by atoms with Crippen LogP contribution in [0.4, 0.5) is 5.69 Å².